The molecule has 0 spiro atoms. The Morgan fingerprint density at radius 3 is 2.90 bits per heavy atom. The zero-order chi connectivity index (χ0) is 20.5. The molecule has 0 radical (unpaired) electrons. The lowest BCUT2D eigenvalue weighted by atomic mass is 9.83. The van der Waals surface area contributed by atoms with Gasteiger partial charge in [-0.2, -0.15) is 0 Å². The lowest BCUT2D eigenvalue weighted by Gasteiger charge is -2.47. The Hall–Kier alpha value is -3.09. The number of piperidine rings is 2. The van der Waals surface area contributed by atoms with Gasteiger partial charge in [0.2, 0.25) is 18.6 Å². The van der Waals surface area contributed by atoms with Crippen LogP contribution < -0.4 is 9.47 Å². The number of carbonyl (C=O) groups is 2. The predicted octanol–water partition coefficient (Wildman–Crippen LogP) is 2.39. The first-order valence-corrected chi connectivity index (χ1v) is 10.5. The summed E-state index contributed by atoms with van der Waals surface area (Å²) in [7, 11) is 0. The number of benzene rings is 1. The highest BCUT2D eigenvalue weighted by molar-refractivity contribution is 5.80. The summed E-state index contributed by atoms with van der Waals surface area (Å²) in [6.07, 6.45) is 4.31. The zero-order valence-corrected chi connectivity index (χ0v) is 16.8. The summed E-state index contributed by atoms with van der Waals surface area (Å²) < 4.78 is 10.8. The fraction of sp³-hybridized carbons (Fsp3) is 0.435. The number of fused-ring (bicyclic) bond motifs is 2. The van der Waals surface area contributed by atoms with Crippen molar-refractivity contribution in [3.63, 3.8) is 0 Å². The van der Waals surface area contributed by atoms with E-state index in [0.717, 1.165) is 29.8 Å². The van der Waals surface area contributed by atoms with E-state index < -0.39 is 0 Å². The molecular weight excluding hydrogens is 382 g/mol. The van der Waals surface area contributed by atoms with Crippen molar-refractivity contribution in [1.82, 2.24) is 14.8 Å². The van der Waals surface area contributed by atoms with Crippen LogP contribution in [0, 0.1) is 5.92 Å². The second-order valence-corrected chi connectivity index (χ2v) is 8.20. The summed E-state index contributed by atoms with van der Waals surface area (Å²) in [5, 5.41) is 0. The molecule has 3 aliphatic heterocycles. The molecule has 2 amide bonds. The van der Waals surface area contributed by atoms with E-state index in [0.29, 0.717) is 44.1 Å². The van der Waals surface area contributed by atoms with Crippen LogP contribution >= 0.6 is 0 Å². The van der Waals surface area contributed by atoms with E-state index in [1.54, 1.807) is 6.20 Å². The van der Waals surface area contributed by atoms with E-state index in [2.05, 4.69) is 4.98 Å². The largest absolute Gasteiger partial charge is 0.454 e. The normalized spacial score (nSPS) is 22.7. The van der Waals surface area contributed by atoms with Crippen molar-refractivity contribution in [3.8, 4) is 11.5 Å². The van der Waals surface area contributed by atoms with E-state index >= 15 is 0 Å². The van der Waals surface area contributed by atoms with Gasteiger partial charge in [-0.05, 0) is 48.6 Å². The van der Waals surface area contributed by atoms with Crippen LogP contribution in [0.1, 0.15) is 30.5 Å². The van der Waals surface area contributed by atoms with Gasteiger partial charge in [-0.1, -0.05) is 12.1 Å². The Balaban J connectivity index is 1.23. The summed E-state index contributed by atoms with van der Waals surface area (Å²) >= 11 is 0. The number of hydrogen-bond donors (Lipinski definition) is 0. The second-order valence-electron chi connectivity index (χ2n) is 8.20. The van der Waals surface area contributed by atoms with Gasteiger partial charge < -0.3 is 19.3 Å². The molecule has 7 nitrogen and oxygen atoms in total. The smallest absolute Gasteiger partial charge is 0.231 e. The van der Waals surface area contributed by atoms with Crippen LogP contribution in [0.2, 0.25) is 0 Å². The SMILES string of the molecule is O=C(Cc1ccc2c(c1)OCO2)N1CC[C@H]2[C@H](CCC(=O)N2Cc2ccccn2)C1. The minimum atomic E-state index is 0.125. The van der Waals surface area contributed by atoms with Crippen LogP contribution in [0.25, 0.3) is 0 Å². The molecule has 2 saturated heterocycles. The van der Waals surface area contributed by atoms with Gasteiger partial charge >= 0.3 is 0 Å². The molecule has 30 heavy (non-hydrogen) atoms. The average molecular weight is 407 g/mol. The highest BCUT2D eigenvalue weighted by atomic mass is 16.7. The maximum atomic E-state index is 12.9. The van der Waals surface area contributed by atoms with Gasteiger partial charge in [0.1, 0.15) is 0 Å². The quantitative estimate of drug-likeness (QED) is 0.778. The first-order valence-electron chi connectivity index (χ1n) is 10.5. The molecular formula is C23H25N3O4. The number of pyridine rings is 1. The lowest BCUT2D eigenvalue weighted by molar-refractivity contribution is -0.144. The third kappa shape index (κ3) is 3.72. The topological polar surface area (TPSA) is 72.0 Å². The molecule has 4 heterocycles. The van der Waals surface area contributed by atoms with Crippen molar-refractivity contribution >= 4 is 11.8 Å². The molecule has 156 valence electrons. The number of aromatic nitrogens is 1. The summed E-state index contributed by atoms with van der Waals surface area (Å²) in [6.45, 7) is 2.16. The first kappa shape index (κ1) is 18.9. The molecule has 0 N–H and O–H groups in total. The second kappa shape index (κ2) is 7.97. The Kier molecular flexibility index (Phi) is 5.02. The van der Waals surface area contributed by atoms with Gasteiger partial charge in [0.15, 0.2) is 11.5 Å². The summed E-state index contributed by atoms with van der Waals surface area (Å²) in [4.78, 5) is 33.9. The molecule has 2 fully saturated rings. The number of nitrogens with zero attached hydrogens (tertiary/aromatic N) is 3. The highest BCUT2D eigenvalue weighted by Gasteiger charge is 2.40. The zero-order valence-electron chi connectivity index (χ0n) is 16.8. The minimum absolute atomic E-state index is 0.125. The van der Waals surface area contributed by atoms with E-state index in [4.69, 9.17) is 9.47 Å². The summed E-state index contributed by atoms with van der Waals surface area (Å²) in [5.74, 6) is 2.07. The number of amides is 2. The van der Waals surface area contributed by atoms with Gasteiger partial charge in [0.25, 0.3) is 0 Å². The van der Waals surface area contributed by atoms with Crippen molar-refractivity contribution < 1.29 is 19.1 Å². The van der Waals surface area contributed by atoms with E-state index in [9.17, 15) is 9.59 Å². The molecule has 5 rings (SSSR count). The minimum Gasteiger partial charge on any atom is -0.454 e. The standard InChI is InChI=1S/C23H25N3O4/c27-22-7-5-17-13-25(10-8-19(17)26(22)14-18-3-1-2-9-24-18)23(28)12-16-4-6-20-21(11-16)30-15-29-20/h1-4,6,9,11,17,19H,5,7-8,10,12-15H2/t17-,19+/m1/s1. The monoisotopic (exact) mass is 407 g/mol. The third-order valence-corrected chi connectivity index (χ3v) is 6.35. The number of likely N-dealkylation sites (tertiary alicyclic amines) is 2. The first-order chi connectivity index (χ1) is 14.7. The highest BCUT2D eigenvalue weighted by Crippen LogP contribution is 2.34. The van der Waals surface area contributed by atoms with Crippen LogP contribution in [0.15, 0.2) is 42.6 Å². The Bertz CT molecular complexity index is 949. The van der Waals surface area contributed by atoms with Crippen molar-refractivity contribution in [1.29, 1.82) is 0 Å². The van der Waals surface area contributed by atoms with Crippen molar-refractivity contribution in [2.45, 2.75) is 38.3 Å². The molecule has 7 heteroatoms. The maximum absolute atomic E-state index is 12.9. The van der Waals surface area contributed by atoms with Crippen molar-refractivity contribution in [2.24, 2.45) is 5.92 Å². The number of ether oxygens (including phenoxy) is 2. The van der Waals surface area contributed by atoms with E-state index in [1.165, 1.54) is 0 Å². The number of carbonyl (C=O) groups excluding carboxylic acids is 2. The molecule has 0 saturated carbocycles. The number of hydrogen-bond acceptors (Lipinski definition) is 5. The molecule has 0 bridgehead atoms. The average Bonchev–Trinajstić information content (AvgIpc) is 3.24. The molecule has 0 unspecified atom stereocenters. The van der Waals surface area contributed by atoms with Crippen molar-refractivity contribution in [2.75, 3.05) is 19.9 Å². The number of rotatable bonds is 4. The van der Waals surface area contributed by atoms with Crippen LogP contribution in [-0.2, 0) is 22.6 Å². The lowest BCUT2D eigenvalue weighted by Crippen LogP contribution is -2.56. The van der Waals surface area contributed by atoms with Crippen LogP contribution in [0.3, 0.4) is 0 Å². The third-order valence-electron chi connectivity index (χ3n) is 6.35. The predicted molar refractivity (Wildman–Crippen MR) is 109 cm³/mol. The maximum Gasteiger partial charge on any atom is 0.231 e. The fourth-order valence-corrected chi connectivity index (χ4v) is 4.79. The molecule has 1 aromatic carbocycles. The Morgan fingerprint density at radius 2 is 2.03 bits per heavy atom. The van der Waals surface area contributed by atoms with E-state index in [1.807, 2.05) is 46.2 Å². The van der Waals surface area contributed by atoms with Crippen molar-refractivity contribution in [3.05, 3.63) is 53.9 Å². The van der Waals surface area contributed by atoms with Gasteiger partial charge in [-0.25, -0.2) is 0 Å². The van der Waals surface area contributed by atoms with Crippen LogP contribution in [0.4, 0.5) is 0 Å². The fourth-order valence-electron chi connectivity index (χ4n) is 4.79. The molecule has 1 aromatic heterocycles. The Morgan fingerprint density at radius 1 is 1.13 bits per heavy atom. The van der Waals surface area contributed by atoms with Crippen LogP contribution in [0.5, 0.6) is 11.5 Å². The molecule has 2 atom stereocenters. The summed E-state index contributed by atoms with van der Waals surface area (Å²) in [5.41, 5.74) is 1.84. The summed E-state index contributed by atoms with van der Waals surface area (Å²) in [6, 6.07) is 11.6. The molecule has 3 aliphatic rings. The van der Waals surface area contributed by atoms with Crippen LogP contribution in [-0.4, -0.2) is 52.5 Å². The molecule has 2 aromatic rings. The van der Waals surface area contributed by atoms with Gasteiger partial charge in [-0.3, -0.25) is 14.6 Å². The molecule has 0 aliphatic carbocycles. The Labute approximate surface area is 175 Å². The van der Waals surface area contributed by atoms with Gasteiger partial charge in [0, 0.05) is 31.7 Å². The van der Waals surface area contributed by atoms with E-state index in [-0.39, 0.29) is 24.6 Å². The van der Waals surface area contributed by atoms with Gasteiger partial charge in [0.05, 0.1) is 18.7 Å². The van der Waals surface area contributed by atoms with Gasteiger partial charge in [-0.15, -0.1) is 0 Å².